The molecule has 3 aromatic rings. The molecule has 0 aliphatic carbocycles. The molecule has 4 rings (SSSR count). The van der Waals surface area contributed by atoms with Crippen molar-refractivity contribution in [1.29, 1.82) is 0 Å². The smallest absolute Gasteiger partial charge is 0.274 e. The van der Waals surface area contributed by atoms with Crippen LogP contribution in [0.5, 0.6) is 0 Å². The molecular formula is C21H19Cl2N5O2. The van der Waals surface area contributed by atoms with Crippen LogP contribution < -0.4 is 10.6 Å². The molecule has 2 N–H and O–H groups in total. The number of nitrogens with zero attached hydrogens (tertiary/aromatic N) is 4. The third kappa shape index (κ3) is 4.13. The van der Waals surface area contributed by atoms with Gasteiger partial charge in [-0.05, 0) is 48.5 Å². The van der Waals surface area contributed by atoms with Gasteiger partial charge in [-0.2, -0.15) is 5.10 Å². The Morgan fingerprint density at radius 1 is 0.867 bits per heavy atom. The number of primary amides is 1. The highest BCUT2D eigenvalue weighted by molar-refractivity contribution is 6.42. The van der Waals surface area contributed by atoms with Crippen LogP contribution in [0.15, 0.2) is 54.7 Å². The molecule has 0 unspecified atom stereocenters. The topological polar surface area (TPSA) is 84.5 Å². The first-order chi connectivity index (χ1) is 14.4. The minimum absolute atomic E-state index is 0.113. The summed E-state index contributed by atoms with van der Waals surface area (Å²) in [4.78, 5) is 28.0. The molecule has 154 valence electrons. The van der Waals surface area contributed by atoms with Crippen molar-refractivity contribution in [2.45, 2.75) is 0 Å². The number of aromatic nitrogens is 2. The van der Waals surface area contributed by atoms with Gasteiger partial charge in [-0.25, -0.2) is 4.68 Å². The van der Waals surface area contributed by atoms with Crippen molar-refractivity contribution in [3.8, 4) is 5.69 Å². The number of hydrogen-bond acceptors (Lipinski definition) is 4. The number of carbonyl (C=O) groups is 2. The molecule has 1 aliphatic heterocycles. The molecule has 0 atom stereocenters. The molecule has 1 saturated heterocycles. The quantitative estimate of drug-likeness (QED) is 0.670. The Labute approximate surface area is 183 Å². The molecule has 0 radical (unpaired) electrons. The van der Waals surface area contributed by atoms with Crippen LogP contribution in [-0.2, 0) is 0 Å². The van der Waals surface area contributed by atoms with Gasteiger partial charge in [0.05, 0.1) is 15.7 Å². The van der Waals surface area contributed by atoms with Crippen molar-refractivity contribution in [2.24, 2.45) is 5.73 Å². The van der Waals surface area contributed by atoms with Crippen molar-refractivity contribution in [3.63, 3.8) is 0 Å². The van der Waals surface area contributed by atoms with E-state index in [1.54, 1.807) is 52.2 Å². The van der Waals surface area contributed by atoms with Crippen molar-refractivity contribution in [2.75, 3.05) is 31.1 Å². The van der Waals surface area contributed by atoms with Gasteiger partial charge >= 0.3 is 0 Å². The van der Waals surface area contributed by atoms with E-state index >= 15 is 0 Å². The van der Waals surface area contributed by atoms with Crippen LogP contribution >= 0.6 is 23.2 Å². The van der Waals surface area contributed by atoms with Crippen molar-refractivity contribution in [1.82, 2.24) is 14.7 Å². The fourth-order valence-corrected chi connectivity index (χ4v) is 3.67. The highest BCUT2D eigenvalue weighted by Crippen LogP contribution is 2.24. The largest absolute Gasteiger partial charge is 0.368 e. The minimum Gasteiger partial charge on any atom is -0.368 e. The summed E-state index contributed by atoms with van der Waals surface area (Å²) >= 11 is 12.0. The van der Waals surface area contributed by atoms with Crippen LogP contribution in [0.1, 0.15) is 20.8 Å². The number of anilines is 1. The molecule has 9 heteroatoms. The van der Waals surface area contributed by atoms with E-state index in [0.717, 1.165) is 11.4 Å². The van der Waals surface area contributed by atoms with Crippen molar-refractivity contribution < 1.29 is 9.59 Å². The predicted octanol–water partition coefficient (Wildman–Crippen LogP) is 3.24. The standard InChI is InChI=1S/C21H19Cl2N5O2/c22-17-6-5-16(13-18(17)23)28-8-7-19(25-28)21(30)27-11-9-26(10-12-27)15-3-1-14(2-4-15)20(24)29/h1-8,13H,9-12H2,(H2,24,29). The fourth-order valence-electron chi connectivity index (χ4n) is 3.38. The number of rotatable bonds is 4. The highest BCUT2D eigenvalue weighted by Gasteiger charge is 2.24. The van der Waals surface area contributed by atoms with Gasteiger partial charge in [0.15, 0.2) is 5.69 Å². The first kappa shape index (κ1) is 20.3. The second-order valence-electron chi connectivity index (χ2n) is 6.93. The Balaban J connectivity index is 1.40. The van der Waals surface area contributed by atoms with E-state index in [1.165, 1.54) is 0 Å². The van der Waals surface area contributed by atoms with Gasteiger partial charge in [0.25, 0.3) is 5.91 Å². The summed E-state index contributed by atoms with van der Waals surface area (Å²) < 4.78 is 1.60. The summed E-state index contributed by atoms with van der Waals surface area (Å²) in [5, 5.41) is 5.29. The van der Waals surface area contributed by atoms with E-state index in [-0.39, 0.29) is 5.91 Å². The molecule has 0 bridgehead atoms. The summed E-state index contributed by atoms with van der Waals surface area (Å²) in [5.41, 5.74) is 7.86. The Hall–Kier alpha value is -3.03. The molecule has 1 fully saturated rings. The number of benzene rings is 2. The van der Waals surface area contributed by atoms with E-state index in [2.05, 4.69) is 10.00 Å². The number of nitrogens with two attached hydrogens (primary N) is 1. The SMILES string of the molecule is NC(=O)c1ccc(N2CCN(C(=O)c3ccn(-c4ccc(Cl)c(Cl)c4)n3)CC2)cc1. The molecule has 2 aromatic carbocycles. The summed E-state index contributed by atoms with van der Waals surface area (Å²) in [6, 6.07) is 14.0. The second kappa shape index (κ2) is 8.38. The maximum absolute atomic E-state index is 12.9. The highest BCUT2D eigenvalue weighted by atomic mass is 35.5. The summed E-state index contributed by atoms with van der Waals surface area (Å²) in [6.07, 6.45) is 1.73. The van der Waals surface area contributed by atoms with Crippen LogP contribution in [0.25, 0.3) is 5.69 Å². The minimum atomic E-state index is -0.447. The number of piperazine rings is 1. The predicted molar refractivity (Wildman–Crippen MR) is 117 cm³/mol. The van der Waals surface area contributed by atoms with Gasteiger partial charge in [0.2, 0.25) is 5.91 Å². The van der Waals surface area contributed by atoms with Gasteiger partial charge in [-0.15, -0.1) is 0 Å². The fraction of sp³-hybridized carbons (Fsp3) is 0.190. The lowest BCUT2D eigenvalue weighted by molar-refractivity contribution is 0.0740. The van der Waals surface area contributed by atoms with Crippen molar-refractivity contribution in [3.05, 3.63) is 76.0 Å². The molecule has 2 amide bonds. The molecule has 7 nitrogen and oxygen atoms in total. The molecule has 30 heavy (non-hydrogen) atoms. The normalized spacial score (nSPS) is 14.1. The van der Waals surface area contributed by atoms with Gasteiger partial charge in [0.1, 0.15) is 0 Å². The van der Waals surface area contributed by atoms with Gasteiger partial charge in [-0.3, -0.25) is 9.59 Å². The Morgan fingerprint density at radius 2 is 1.53 bits per heavy atom. The summed E-state index contributed by atoms with van der Waals surface area (Å²) in [5.74, 6) is -0.560. The Morgan fingerprint density at radius 3 is 2.17 bits per heavy atom. The molecule has 0 spiro atoms. The maximum atomic E-state index is 12.9. The van der Waals surface area contributed by atoms with Gasteiger partial charge in [0, 0.05) is 43.6 Å². The molecule has 1 aromatic heterocycles. The van der Waals surface area contributed by atoms with Gasteiger partial charge < -0.3 is 15.5 Å². The summed E-state index contributed by atoms with van der Waals surface area (Å²) in [6.45, 7) is 2.54. The Bertz CT molecular complexity index is 1090. The van der Waals surface area contributed by atoms with Crippen molar-refractivity contribution >= 4 is 40.7 Å². The first-order valence-corrected chi connectivity index (χ1v) is 10.1. The third-order valence-corrected chi connectivity index (χ3v) is 5.80. The number of hydrogen-bond donors (Lipinski definition) is 1. The van der Waals surface area contributed by atoms with E-state index in [9.17, 15) is 9.59 Å². The van der Waals surface area contributed by atoms with E-state index in [1.807, 2.05) is 12.1 Å². The molecular weight excluding hydrogens is 425 g/mol. The van der Waals surface area contributed by atoms with E-state index in [4.69, 9.17) is 28.9 Å². The van der Waals surface area contributed by atoms with Crippen LogP contribution in [0.2, 0.25) is 10.0 Å². The third-order valence-electron chi connectivity index (χ3n) is 5.06. The average Bonchev–Trinajstić information content (AvgIpc) is 3.25. The van der Waals surface area contributed by atoms with Crippen LogP contribution in [0.4, 0.5) is 5.69 Å². The molecule has 0 saturated carbocycles. The van der Waals surface area contributed by atoms with Gasteiger partial charge in [-0.1, -0.05) is 23.2 Å². The number of carbonyl (C=O) groups excluding carboxylic acids is 2. The zero-order valence-electron chi connectivity index (χ0n) is 16.0. The lowest BCUT2D eigenvalue weighted by Gasteiger charge is -2.35. The molecule has 1 aliphatic rings. The maximum Gasteiger partial charge on any atom is 0.274 e. The van der Waals surface area contributed by atoms with E-state index in [0.29, 0.717) is 47.5 Å². The number of amides is 2. The monoisotopic (exact) mass is 443 g/mol. The lowest BCUT2D eigenvalue weighted by Crippen LogP contribution is -2.48. The average molecular weight is 444 g/mol. The zero-order valence-corrected chi connectivity index (χ0v) is 17.5. The first-order valence-electron chi connectivity index (χ1n) is 9.37. The molecule has 2 heterocycles. The Kier molecular flexibility index (Phi) is 5.65. The lowest BCUT2D eigenvalue weighted by atomic mass is 10.1. The van der Waals surface area contributed by atoms with Crippen LogP contribution in [0, 0.1) is 0 Å². The summed E-state index contributed by atoms with van der Waals surface area (Å²) in [7, 11) is 0. The van der Waals surface area contributed by atoms with Crippen LogP contribution in [-0.4, -0.2) is 52.7 Å². The zero-order chi connectivity index (χ0) is 21.3. The van der Waals surface area contributed by atoms with Crippen LogP contribution in [0.3, 0.4) is 0 Å². The second-order valence-corrected chi connectivity index (χ2v) is 7.75. The van der Waals surface area contributed by atoms with E-state index < -0.39 is 5.91 Å². The number of halogens is 2.